The molecule has 2 atom stereocenters. The normalized spacial score (nSPS) is 17.4. The van der Waals surface area contributed by atoms with Crippen molar-refractivity contribution in [3.8, 4) is 0 Å². The van der Waals surface area contributed by atoms with Crippen molar-refractivity contribution < 1.29 is 14.0 Å². The number of nitrogens with two attached hydrogens (primary N) is 1. The van der Waals surface area contributed by atoms with Crippen LogP contribution in [0.2, 0.25) is 0 Å². The summed E-state index contributed by atoms with van der Waals surface area (Å²) in [7, 11) is 0. The topological polar surface area (TPSA) is 88.3 Å². The molecule has 0 saturated heterocycles. The number of pyridine rings is 1. The zero-order valence-electron chi connectivity index (χ0n) is 15.2. The van der Waals surface area contributed by atoms with Gasteiger partial charge in [-0.15, -0.1) is 0 Å². The molecule has 0 aliphatic carbocycles. The molecule has 0 radical (unpaired) electrons. The number of hydrogen-bond donors (Lipinski definition) is 2. The lowest BCUT2D eigenvalue weighted by atomic mass is 10.0. The van der Waals surface area contributed by atoms with E-state index in [4.69, 9.17) is 5.73 Å². The van der Waals surface area contributed by atoms with Gasteiger partial charge in [-0.2, -0.15) is 0 Å². The molecule has 0 spiro atoms. The van der Waals surface area contributed by atoms with Crippen molar-refractivity contribution in [2.24, 2.45) is 5.73 Å². The number of carbonyl (C=O) groups is 2. The highest BCUT2D eigenvalue weighted by Gasteiger charge is 2.33. The summed E-state index contributed by atoms with van der Waals surface area (Å²) in [6.45, 7) is 2.37. The molecule has 142 valence electrons. The molecule has 0 fully saturated rings. The first kappa shape index (κ1) is 19.0. The number of likely N-dealkylation sites (N-methyl/N-ethyl adjacent to an activating group) is 1. The molecular weight excluding hydrogens is 347 g/mol. The Bertz CT molecular complexity index is 842. The van der Waals surface area contributed by atoms with Crippen LogP contribution in [0.25, 0.3) is 0 Å². The Morgan fingerprint density at radius 1 is 1.37 bits per heavy atom. The predicted molar refractivity (Wildman–Crippen MR) is 101 cm³/mol. The summed E-state index contributed by atoms with van der Waals surface area (Å²) in [6, 6.07) is 8.80. The van der Waals surface area contributed by atoms with E-state index < -0.39 is 12.1 Å². The third kappa shape index (κ3) is 4.31. The number of aromatic nitrogens is 1. The molecule has 3 N–H and O–H groups in total. The first-order valence-electron chi connectivity index (χ1n) is 9.03. The van der Waals surface area contributed by atoms with Gasteiger partial charge in [-0.1, -0.05) is 18.2 Å². The number of nitrogens with one attached hydrogen (secondary N) is 1. The molecule has 2 amide bonds. The molecule has 1 aliphatic rings. The van der Waals surface area contributed by atoms with Crippen LogP contribution in [0, 0.1) is 5.82 Å². The first-order valence-corrected chi connectivity index (χ1v) is 9.03. The SMILES string of the molecule is CCN1C(=O)C(NC(=O)C[C@H](N)Cc2ccccc2F)Cc2ncccc21. The summed E-state index contributed by atoms with van der Waals surface area (Å²) >= 11 is 0. The Labute approximate surface area is 157 Å². The minimum absolute atomic E-state index is 0.0132. The fourth-order valence-electron chi connectivity index (χ4n) is 3.37. The van der Waals surface area contributed by atoms with Crippen molar-refractivity contribution in [3.63, 3.8) is 0 Å². The Hall–Kier alpha value is -2.80. The second-order valence-corrected chi connectivity index (χ2v) is 6.64. The van der Waals surface area contributed by atoms with Crippen LogP contribution in [0.1, 0.15) is 24.6 Å². The second kappa shape index (κ2) is 8.26. The number of rotatable bonds is 6. The van der Waals surface area contributed by atoms with Gasteiger partial charge in [-0.05, 0) is 37.1 Å². The molecule has 3 rings (SSSR count). The van der Waals surface area contributed by atoms with Gasteiger partial charge >= 0.3 is 0 Å². The molecule has 1 aliphatic heterocycles. The Morgan fingerprint density at radius 2 is 2.15 bits per heavy atom. The van der Waals surface area contributed by atoms with Gasteiger partial charge in [0.25, 0.3) is 0 Å². The fourth-order valence-corrected chi connectivity index (χ4v) is 3.37. The lowest BCUT2D eigenvalue weighted by Crippen LogP contribution is -2.53. The maximum atomic E-state index is 13.7. The molecule has 1 aromatic carbocycles. The maximum Gasteiger partial charge on any atom is 0.250 e. The van der Waals surface area contributed by atoms with E-state index in [0.717, 1.165) is 11.4 Å². The van der Waals surface area contributed by atoms with Gasteiger partial charge in [0, 0.05) is 31.6 Å². The van der Waals surface area contributed by atoms with Gasteiger partial charge in [0.05, 0.1) is 11.4 Å². The van der Waals surface area contributed by atoms with Crippen LogP contribution in [0.15, 0.2) is 42.6 Å². The molecule has 1 aromatic heterocycles. The average Bonchev–Trinajstić information content (AvgIpc) is 2.64. The van der Waals surface area contributed by atoms with Crippen LogP contribution in [0.5, 0.6) is 0 Å². The summed E-state index contributed by atoms with van der Waals surface area (Å²) < 4.78 is 13.7. The van der Waals surface area contributed by atoms with Crippen molar-refractivity contribution in [1.82, 2.24) is 10.3 Å². The molecule has 27 heavy (non-hydrogen) atoms. The Kier molecular flexibility index (Phi) is 5.81. The highest BCUT2D eigenvalue weighted by Crippen LogP contribution is 2.25. The van der Waals surface area contributed by atoms with Gasteiger partial charge in [0.15, 0.2) is 0 Å². The fraction of sp³-hybridized carbons (Fsp3) is 0.350. The summed E-state index contributed by atoms with van der Waals surface area (Å²) in [5.41, 5.74) is 8.05. The van der Waals surface area contributed by atoms with Crippen LogP contribution in [0.3, 0.4) is 0 Å². The van der Waals surface area contributed by atoms with Crippen LogP contribution in [-0.2, 0) is 22.4 Å². The number of benzene rings is 1. The second-order valence-electron chi connectivity index (χ2n) is 6.64. The third-order valence-corrected chi connectivity index (χ3v) is 4.66. The molecule has 0 bridgehead atoms. The van der Waals surface area contributed by atoms with E-state index >= 15 is 0 Å². The van der Waals surface area contributed by atoms with E-state index in [0.29, 0.717) is 18.5 Å². The number of halogens is 1. The first-order chi connectivity index (χ1) is 13.0. The summed E-state index contributed by atoms with van der Waals surface area (Å²) in [6.07, 6.45) is 2.29. The number of amides is 2. The summed E-state index contributed by atoms with van der Waals surface area (Å²) in [5.74, 6) is -0.821. The molecular formula is C20H23FN4O2. The highest BCUT2D eigenvalue weighted by atomic mass is 19.1. The number of carbonyl (C=O) groups excluding carboxylic acids is 2. The zero-order chi connectivity index (χ0) is 19.4. The van der Waals surface area contributed by atoms with E-state index in [9.17, 15) is 14.0 Å². The smallest absolute Gasteiger partial charge is 0.250 e. The predicted octanol–water partition coefficient (Wildman–Crippen LogP) is 1.57. The third-order valence-electron chi connectivity index (χ3n) is 4.66. The number of anilines is 1. The lowest BCUT2D eigenvalue weighted by Gasteiger charge is -2.33. The number of nitrogens with zero attached hydrogens (tertiary/aromatic N) is 2. The average molecular weight is 370 g/mol. The van der Waals surface area contributed by atoms with Crippen LogP contribution >= 0.6 is 0 Å². The largest absolute Gasteiger partial charge is 0.344 e. The maximum absolute atomic E-state index is 13.7. The van der Waals surface area contributed by atoms with E-state index in [1.165, 1.54) is 6.07 Å². The molecule has 7 heteroatoms. The monoisotopic (exact) mass is 370 g/mol. The van der Waals surface area contributed by atoms with Crippen molar-refractivity contribution in [3.05, 3.63) is 59.7 Å². The standard InChI is InChI=1S/C20H23FN4O2/c1-2-25-18-8-5-9-23-16(18)12-17(20(25)27)24-19(26)11-14(22)10-13-6-3-4-7-15(13)21/h3-9,14,17H,2,10-12,22H2,1H3,(H,24,26)/t14-,17?/m1/s1. The molecule has 1 unspecified atom stereocenters. The minimum atomic E-state index is -0.666. The summed E-state index contributed by atoms with van der Waals surface area (Å²) in [4.78, 5) is 31.0. The number of hydrogen-bond acceptors (Lipinski definition) is 4. The molecule has 2 aromatic rings. The zero-order valence-corrected chi connectivity index (χ0v) is 15.2. The van der Waals surface area contributed by atoms with Gasteiger partial charge in [-0.3, -0.25) is 14.6 Å². The van der Waals surface area contributed by atoms with E-state index in [-0.39, 0.29) is 30.5 Å². The van der Waals surface area contributed by atoms with E-state index in [2.05, 4.69) is 10.3 Å². The highest BCUT2D eigenvalue weighted by molar-refractivity contribution is 6.01. The van der Waals surface area contributed by atoms with Crippen LogP contribution < -0.4 is 16.0 Å². The van der Waals surface area contributed by atoms with Crippen LogP contribution in [-0.4, -0.2) is 35.4 Å². The van der Waals surface area contributed by atoms with Crippen molar-refractivity contribution in [2.75, 3.05) is 11.4 Å². The van der Waals surface area contributed by atoms with Crippen molar-refractivity contribution >= 4 is 17.5 Å². The van der Waals surface area contributed by atoms with Gasteiger partial charge in [-0.25, -0.2) is 4.39 Å². The Balaban J connectivity index is 1.62. The molecule has 2 heterocycles. The van der Waals surface area contributed by atoms with Gasteiger partial charge in [0.2, 0.25) is 11.8 Å². The van der Waals surface area contributed by atoms with Gasteiger partial charge < -0.3 is 16.0 Å². The Morgan fingerprint density at radius 3 is 2.89 bits per heavy atom. The number of fused-ring (bicyclic) bond motifs is 1. The van der Waals surface area contributed by atoms with Gasteiger partial charge in [0.1, 0.15) is 11.9 Å². The van der Waals surface area contributed by atoms with E-state index in [1.54, 1.807) is 35.4 Å². The quantitative estimate of drug-likeness (QED) is 0.808. The van der Waals surface area contributed by atoms with E-state index in [1.807, 2.05) is 13.0 Å². The minimum Gasteiger partial charge on any atom is -0.344 e. The van der Waals surface area contributed by atoms with Crippen molar-refractivity contribution in [1.29, 1.82) is 0 Å². The lowest BCUT2D eigenvalue weighted by molar-refractivity contribution is -0.128. The molecule has 0 saturated carbocycles. The molecule has 6 nitrogen and oxygen atoms in total. The van der Waals surface area contributed by atoms with Crippen molar-refractivity contribution in [2.45, 2.75) is 38.3 Å². The summed E-state index contributed by atoms with van der Waals surface area (Å²) in [5, 5.41) is 2.76. The van der Waals surface area contributed by atoms with Crippen LogP contribution in [0.4, 0.5) is 10.1 Å².